The van der Waals surface area contributed by atoms with E-state index in [1.807, 2.05) is 0 Å². The lowest BCUT2D eigenvalue weighted by molar-refractivity contribution is -0.165. The Morgan fingerprint density at radius 3 is 1.27 bits per heavy atom. The molecule has 0 aliphatic heterocycles. The van der Waals surface area contributed by atoms with E-state index in [1.54, 1.807) is 27.7 Å². The first-order valence-corrected chi connectivity index (χ1v) is 9.42. The SMILES string of the molecule is CC(C)[C@H](NC=O)C(=O)OC[C@@H](O)[C@H](O)[C@H](O)[C@H](O)COC(=O)[C@H](NC=O)C(C)C. The van der Waals surface area contributed by atoms with E-state index >= 15 is 0 Å². The molecule has 0 heterocycles. The van der Waals surface area contributed by atoms with Gasteiger partial charge in [0, 0.05) is 0 Å². The van der Waals surface area contributed by atoms with Crippen LogP contribution in [0.2, 0.25) is 0 Å². The average molecular weight is 436 g/mol. The van der Waals surface area contributed by atoms with Crippen molar-refractivity contribution in [1.82, 2.24) is 10.6 Å². The first kappa shape index (κ1) is 27.7. The molecule has 6 N–H and O–H groups in total. The fourth-order valence-corrected chi connectivity index (χ4v) is 2.38. The summed E-state index contributed by atoms with van der Waals surface area (Å²) in [5, 5.41) is 44.2. The molecule has 0 aliphatic rings. The minimum Gasteiger partial charge on any atom is -0.461 e. The Labute approximate surface area is 174 Å². The van der Waals surface area contributed by atoms with Gasteiger partial charge in [-0.15, -0.1) is 0 Å². The topological polar surface area (TPSA) is 192 Å². The summed E-state index contributed by atoms with van der Waals surface area (Å²) in [6, 6.07) is -1.92. The van der Waals surface area contributed by atoms with Crippen molar-refractivity contribution in [3.05, 3.63) is 0 Å². The van der Waals surface area contributed by atoms with Crippen LogP contribution in [-0.4, -0.2) is 94.9 Å². The first-order valence-electron chi connectivity index (χ1n) is 9.42. The monoisotopic (exact) mass is 436 g/mol. The Kier molecular flexibility index (Phi) is 12.8. The second-order valence-corrected chi connectivity index (χ2v) is 7.39. The number of ether oxygens (including phenoxy) is 2. The second kappa shape index (κ2) is 13.9. The number of carbonyl (C=O) groups is 4. The van der Waals surface area contributed by atoms with Gasteiger partial charge in [0.05, 0.1) is 0 Å². The van der Waals surface area contributed by atoms with Crippen molar-refractivity contribution in [2.45, 2.75) is 64.2 Å². The molecule has 0 radical (unpaired) electrons. The average Bonchev–Trinajstić information content (AvgIpc) is 2.69. The Morgan fingerprint density at radius 2 is 1.03 bits per heavy atom. The van der Waals surface area contributed by atoms with Crippen LogP contribution in [0.5, 0.6) is 0 Å². The van der Waals surface area contributed by atoms with Crippen LogP contribution in [0.15, 0.2) is 0 Å². The predicted octanol–water partition coefficient (Wildman–Crippen LogP) is -2.94. The molecule has 2 amide bonds. The molecule has 0 saturated heterocycles. The molecule has 0 saturated carbocycles. The Bertz CT molecular complexity index is 509. The number of rotatable bonds is 15. The van der Waals surface area contributed by atoms with Crippen LogP contribution < -0.4 is 10.6 Å². The summed E-state index contributed by atoms with van der Waals surface area (Å²) in [5.74, 6) is -2.30. The van der Waals surface area contributed by atoms with Crippen LogP contribution in [0.25, 0.3) is 0 Å². The molecule has 6 atom stereocenters. The van der Waals surface area contributed by atoms with E-state index < -0.39 is 61.7 Å². The van der Waals surface area contributed by atoms with Gasteiger partial charge in [0.25, 0.3) is 0 Å². The quantitative estimate of drug-likeness (QED) is 0.114. The van der Waals surface area contributed by atoms with Gasteiger partial charge < -0.3 is 40.5 Å². The van der Waals surface area contributed by atoms with Crippen LogP contribution in [0, 0.1) is 11.8 Å². The highest BCUT2D eigenvalue weighted by molar-refractivity contribution is 5.79. The molecular formula is C18H32N2O10. The number of hydrogen-bond acceptors (Lipinski definition) is 10. The molecule has 0 unspecified atom stereocenters. The zero-order valence-corrected chi connectivity index (χ0v) is 17.4. The summed E-state index contributed by atoms with van der Waals surface area (Å²) >= 11 is 0. The lowest BCUT2D eigenvalue weighted by Crippen LogP contribution is -2.49. The van der Waals surface area contributed by atoms with E-state index in [-0.39, 0.29) is 11.8 Å². The summed E-state index contributed by atoms with van der Waals surface area (Å²) in [5.41, 5.74) is 0. The fraction of sp³-hybridized carbons (Fsp3) is 0.778. The highest BCUT2D eigenvalue weighted by Crippen LogP contribution is 2.10. The number of nitrogens with one attached hydrogen (secondary N) is 2. The molecule has 0 aliphatic carbocycles. The van der Waals surface area contributed by atoms with Crippen molar-refractivity contribution < 1.29 is 49.1 Å². The van der Waals surface area contributed by atoms with Crippen LogP contribution in [0.1, 0.15) is 27.7 Å². The standard InChI is InChI=1S/C18H32N2O10/c1-9(2)13(19-7-21)17(27)29-5-11(23)15(25)16(26)12(24)6-30-18(28)14(10(3)4)20-8-22/h7-16,23-26H,5-6H2,1-4H3,(H,19,21)(H,20,22)/t11-,12-,13-,14+,15-,16+/m1/s1. The van der Waals surface area contributed by atoms with E-state index in [0.717, 1.165) is 0 Å². The van der Waals surface area contributed by atoms with Gasteiger partial charge in [-0.05, 0) is 11.8 Å². The van der Waals surface area contributed by atoms with E-state index in [9.17, 15) is 39.6 Å². The van der Waals surface area contributed by atoms with Crippen LogP contribution >= 0.6 is 0 Å². The third-order valence-corrected chi connectivity index (χ3v) is 4.27. The van der Waals surface area contributed by atoms with Gasteiger partial charge in [0.2, 0.25) is 12.8 Å². The molecule has 0 aromatic heterocycles. The molecule has 12 nitrogen and oxygen atoms in total. The fourth-order valence-electron chi connectivity index (χ4n) is 2.38. The molecule has 0 bridgehead atoms. The van der Waals surface area contributed by atoms with Gasteiger partial charge >= 0.3 is 11.9 Å². The van der Waals surface area contributed by atoms with Crippen molar-refractivity contribution in [2.24, 2.45) is 11.8 Å². The van der Waals surface area contributed by atoms with Gasteiger partial charge in [0.1, 0.15) is 49.7 Å². The summed E-state index contributed by atoms with van der Waals surface area (Å²) in [6.45, 7) is 5.19. The summed E-state index contributed by atoms with van der Waals surface area (Å²) < 4.78 is 9.65. The first-order chi connectivity index (χ1) is 14.0. The van der Waals surface area contributed by atoms with Crippen molar-refractivity contribution in [2.75, 3.05) is 13.2 Å². The third-order valence-electron chi connectivity index (χ3n) is 4.27. The number of aliphatic hydroxyl groups excluding tert-OH is 4. The molecule has 0 spiro atoms. The van der Waals surface area contributed by atoms with E-state index in [2.05, 4.69) is 10.6 Å². The Balaban J connectivity index is 4.66. The van der Waals surface area contributed by atoms with Gasteiger partial charge in [-0.25, -0.2) is 9.59 Å². The summed E-state index contributed by atoms with van der Waals surface area (Å²) in [7, 11) is 0. The molecule has 0 fully saturated rings. The highest BCUT2D eigenvalue weighted by Gasteiger charge is 2.33. The summed E-state index contributed by atoms with van der Waals surface area (Å²) in [6.07, 6.45) is -6.74. The Hall–Kier alpha value is -2.28. The maximum atomic E-state index is 11.9. The number of amides is 2. The minimum atomic E-state index is -1.93. The molecule has 30 heavy (non-hydrogen) atoms. The third kappa shape index (κ3) is 9.03. The molecule has 174 valence electrons. The molecule has 0 rings (SSSR count). The summed E-state index contributed by atoms with van der Waals surface area (Å²) in [4.78, 5) is 44.9. The number of carbonyl (C=O) groups excluding carboxylic acids is 4. The zero-order valence-electron chi connectivity index (χ0n) is 17.4. The van der Waals surface area contributed by atoms with E-state index in [1.165, 1.54) is 0 Å². The molecular weight excluding hydrogens is 404 g/mol. The van der Waals surface area contributed by atoms with E-state index in [0.29, 0.717) is 12.8 Å². The van der Waals surface area contributed by atoms with Crippen molar-refractivity contribution >= 4 is 24.8 Å². The van der Waals surface area contributed by atoms with Crippen LogP contribution in [0.3, 0.4) is 0 Å². The Morgan fingerprint density at radius 1 is 0.733 bits per heavy atom. The van der Waals surface area contributed by atoms with Gasteiger partial charge in [0.15, 0.2) is 0 Å². The largest absolute Gasteiger partial charge is 0.461 e. The number of aliphatic hydroxyl groups is 4. The second-order valence-electron chi connectivity index (χ2n) is 7.39. The smallest absolute Gasteiger partial charge is 0.328 e. The minimum absolute atomic E-state index is 0.296. The van der Waals surface area contributed by atoms with Crippen LogP contribution in [0.4, 0.5) is 0 Å². The lowest BCUT2D eigenvalue weighted by atomic mass is 10.0. The van der Waals surface area contributed by atoms with Crippen molar-refractivity contribution in [3.8, 4) is 0 Å². The van der Waals surface area contributed by atoms with Gasteiger partial charge in [-0.2, -0.15) is 0 Å². The molecule has 0 aromatic carbocycles. The normalized spacial score (nSPS) is 17.3. The van der Waals surface area contributed by atoms with Crippen molar-refractivity contribution in [1.29, 1.82) is 0 Å². The number of esters is 2. The maximum Gasteiger partial charge on any atom is 0.328 e. The molecule has 0 aromatic rings. The van der Waals surface area contributed by atoms with Crippen LogP contribution in [-0.2, 0) is 28.7 Å². The number of hydrogen-bond donors (Lipinski definition) is 6. The van der Waals surface area contributed by atoms with Gasteiger partial charge in [-0.1, -0.05) is 27.7 Å². The van der Waals surface area contributed by atoms with Gasteiger partial charge in [-0.3, -0.25) is 9.59 Å². The maximum absolute atomic E-state index is 11.9. The zero-order chi connectivity index (χ0) is 23.4. The van der Waals surface area contributed by atoms with E-state index in [4.69, 9.17) is 9.47 Å². The van der Waals surface area contributed by atoms with Crippen molar-refractivity contribution in [3.63, 3.8) is 0 Å². The highest BCUT2D eigenvalue weighted by atomic mass is 16.6. The molecule has 12 heteroatoms. The predicted molar refractivity (Wildman–Crippen MR) is 102 cm³/mol. The lowest BCUT2D eigenvalue weighted by Gasteiger charge is -2.27.